The molecule has 7 nitrogen and oxygen atoms in total. The molecule has 1 aliphatic heterocycles. The number of morpholine rings is 1. The van der Waals surface area contributed by atoms with Crippen molar-refractivity contribution >= 4 is 35.8 Å². The van der Waals surface area contributed by atoms with E-state index in [-0.39, 0.29) is 36.4 Å². The number of amides is 1. The van der Waals surface area contributed by atoms with E-state index in [0.717, 1.165) is 39.3 Å². The van der Waals surface area contributed by atoms with Crippen molar-refractivity contribution in [2.75, 3.05) is 53.0 Å². The molecule has 0 bridgehead atoms. The van der Waals surface area contributed by atoms with Gasteiger partial charge in [0.1, 0.15) is 0 Å². The fourth-order valence-corrected chi connectivity index (χ4v) is 3.33. The smallest absolute Gasteiger partial charge is 0.239 e. The van der Waals surface area contributed by atoms with E-state index in [1.807, 2.05) is 18.2 Å². The van der Waals surface area contributed by atoms with Gasteiger partial charge < -0.3 is 20.7 Å². The lowest BCUT2D eigenvalue weighted by Crippen LogP contribution is -2.53. The summed E-state index contributed by atoms with van der Waals surface area (Å²) >= 11 is 0. The van der Waals surface area contributed by atoms with Crippen molar-refractivity contribution in [1.82, 2.24) is 20.9 Å². The van der Waals surface area contributed by atoms with E-state index in [0.29, 0.717) is 24.5 Å². The number of halogens is 1. The standard InChI is InChI=1S/C21H35N5O2.HI/c1-17(2)19(26-11-13-28-14-12-26)15-24-21(22-3)25-16-20(27)23-10-9-18-7-5-4-6-8-18;/h4-8,17,19H,9-16H2,1-3H3,(H,23,27)(H2,22,24,25);1H. The molecule has 1 unspecified atom stereocenters. The van der Waals surface area contributed by atoms with Crippen LogP contribution in [0.15, 0.2) is 35.3 Å². The van der Waals surface area contributed by atoms with Crippen molar-refractivity contribution in [3.63, 3.8) is 0 Å². The van der Waals surface area contributed by atoms with E-state index in [4.69, 9.17) is 4.74 Å². The van der Waals surface area contributed by atoms with Gasteiger partial charge in [-0.3, -0.25) is 14.7 Å². The Kier molecular flexibility index (Phi) is 12.9. The molecule has 1 amide bonds. The lowest BCUT2D eigenvalue weighted by atomic mass is 10.0. The highest BCUT2D eigenvalue weighted by Gasteiger charge is 2.23. The molecule has 1 heterocycles. The summed E-state index contributed by atoms with van der Waals surface area (Å²) in [6.07, 6.45) is 0.829. The Labute approximate surface area is 192 Å². The number of benzene rings is 1. The summed E-state index contributed by atoms with van der Waals surface area (Å²) in [4.78, 5) is 18.8. The van der Waals surface area contributed by atoms with Crippen LogP contribution >= 0.6 is 24.0 Å². The maximum absolute atomic E-state index is 12.1. The van der Waals surface area contributed by atoms with Gasteiger partial charge in [0.25, 0.3) is 0 Å². The van der Waals surface area contributed by atoms with Crippen molar-refractivity contribution in [1.29, 1.82) is 0 Å². The van der Waals surface area contributed by atoms with Gasteiger partial charge in [0, 0.05) is 39.3 Å². The van der Waals surface area contributed by atoms with Crippen LogP contribution in [0.3, 0.4) is 0 Å². The molecule has 29 heavy (non-hydrogen) atoms. The minimum Gasteiger partial charge on any atom is -0.379 e. The number of guanidine groups is 1. The molecule has 8 heteroatoms. The first-order valence-electron chi connectivity index (χ1n) is 10.2. The predicted molar refractivity (Wildman–Crippen MR) is 129 cm³/mol. The van der Waals surface area contributed by atoms with E-state index in [1.54, 1.807) is 7.05 Å². The van der Waals surface area contributed by atoms with Crippen LogP contribution in [0.1, 0.15) is 19.4 Å². The largest absolute Gasteiger partial charge is 0.379 e. The minimum atomic E-state index is -0.0348. The summed E-state index contributed by atoms with van der Waals surface area (Å²) in [5.41, 5.74) is 1.22. The van der Waals surface area contributed by atoms with Gasteiger partial charge in [-0.25, -0.2) is 0 Å². The summed E-state index contributed by atoms with van der Waals surface area (Å²) in [7, 11) is 1.72. The molecular weight excluding hydrogens is 481 g/mol. The van der Waals surface area contributed by atoms with Crippen LogP contribution in [-0.2, 0) is 16.0 Å². The maximum Gasteiger partial charge on any atom is 0.239 e. The number of ether oxygens (including phenoxy) is 1. The Morgan fingerprint density at radius 3 is 2.45 bits per heavy atom. The zero-order chi connectivity index (χ0) is 20.2. The van der Waals surface area contributed by atoms with E-state index in [2.05, 4.69) is 51.8 Å². The van der Waals surface area contributed by atoms with Gasteiger partial charge in [-0.15, -0.1) is 24.0 Å². The minimum absolute atomic E-state index is 0. The van der Waals surface area contributed by atoms with Gasteiger partial charge in [0.05, 0.1) is 19.8 Å². The molecule has 164 valence electrons. The zero-order valence-corrected chi connectivity index (χ0v) is 20.1. The average Bonchev–Trinajstić information content (AvgIpc) is 2.72. The van der Waals surface area contributed by atoms with Gasteiger partial charge in [0.2, 0.25) is 5.91 Å². The number of hydrogen-bond acceptors (Lipinski definition) is 4. The molecule has 1 aromatic carbocycles. The van der Waals surface area contributed by atoms with Crippen LogP contribution in [-0.4, -0.2) is 75.8 Å². The third-order valence-electron chi connectivity index (χ3n) is 4.98. The summed E-state index contributed by atoms with van der Waals surface area (Å²) < 4.78 is 5.46. The molecule has 0 aromatic heterocycles. The molecule has 1 aliphatic rings. The van der Waals surface area contributed by atoms with Crippen molar-refractivity contribution in [2.24, 2.45) is 10.9 Å². The molecule has 0 radical (unpaired) electrons. The third kappa shape index (κ3) is 9.77. The first kappa shape index (κ1) is 25.6. The molecular formula is C21H36IN5O2. The monoisotopic (exact) mass is 517 g/mol. The van der Waals surface area contributed by atoms with E-state index in [1.165, 1.54) is 5.56 Å². The summed E-state index contributed by atoms with van der Waals surface area (Å²) in [5.74, 6) is 1.13. The molecule has 0 saturated carbocycles. The second-order valence-electron chi connectivity index (χ2n) is 7.35. The number of rotatable bonds is 9. The molecule has 0 aliphatic carbocycles. The topological polar surface area (TPSA) is 78.0 Å². The van der Waals surface area contributed by atoms with Gasteiger partial charge in [-0.1, -0.05) is 44.2 Å². The fourth-order valence-electron chi connectivity index (χ4n) is 3.33. The lowest BCUT2D eigenvalue weighted by molar-refractivity contribution is -0.119. The molecule has 1 saturated heterocycles. The van der Waals surface area contributed by atoms with E-state index >= 15 is 0 Å². The highest BCUT2D eigenvalue weighted by molar-refractivity contribution is 14.0. The van der Waals surface area contributed by atoms with Gasteiger partial charge in [-0.05, 0) is 17.9 Å². The molecule has 1 atom stereocenters. The Balaban J connectivity index is 0.00000420. The highest BCUT2D eigenvalue weighted by atomic mass is 127. The first-order chi connectivity index (χ1) is 13.6. The summed E-state index contributed by atoms with van der Waals surface area (Å²) in [6.45, 7) is 9.59. The second-order valence-corrected chi connectivity index (χ2v) is 7.35. The van der Waals surface area contributed by atoms with Gasteiger partial charge in [0.15, 0.2) is 5.96 Å². The normalized spacial score (nSPS) is 16.1. The third-order valence-corrected chi connectivity index (χ3v) is 4.98. The van der Waals surface area contributed by atoms with Crippen LogP contribution in [0.25, 0.3) is 0 Å². The van der Waals surface area contributed by atoms with Crippen LogP contribution in [0, 0.1) is 5.92 Å². The molecule has 1 aromatic rings. The Morgan fingerprint density at radius 1 is 1.14 bits per heavy atom. The molecule has 1 fully saturated rings. The molecule has 3 N–H and O–H groups in total. The van der Waals surface area contributed by atoms with E-state index in [9.17, 15) is 4.79 Å². The summed E-state index contributed by atoms with van der Waals surface area (Å²) in [6, 6.07) is 10.5. The average molecular weight is 517 g/mol. The quantitative estimate of drug-likeness (QED) is 0.263. The number of nitrogens with zero attached hydrogens (tertiary/aromatic N) is 2. The van der Waals surface area contributed by atoms with Crippen molar-refractivity contribution in [3.05, 3.63) is 35.9 Å². The number of carbonyl (C=O) groups is 1. The summed E-state index contributed by atoms with van der Waals surface area (Å²) in [5, 5.41) is 9.40. The van der Waals surface area contributed by atoms with Crippen molar-refractivity contribution in [3.8, 4) is 0 Å². The van der Waals surface area contributed by atoms with E-state index < -0.39 is 0 Å². The fraction of sp³-hybridized carbons (Fsp3) is 0.619. The number of hydrogen-bond donors (Lipinski definition) is 3. The Hall–Kier alpha value is -1.39. The zero-order valence-electron chi connectivity index (χ0n) is 17.8. The van der Waals surface area contributed by atoms with Gasteiger partial charge >= 0.3 is 0 Å². The second kappa shape index (κ2) is 14.6. The highest BCUT2D eigenvalue weighted by Crippen LogP contribution is 2.12. The molecule has 0 spiro atoms. The van der Waals surface area contributed by atoms with Crippen molar-refractivity contribution < 1.29 is 9.53 Å². The van der Waals surface area contributed by atoms with Crippen LogP contribution in [0.2, 0.25) is 0 Å². The number of carbonyl (C=O) groups excluding carboxylic acids is 1. The Morgan fingerprint density at radius 2 is 1.83 bits per heavy atom. The number of aliphatic imine (C=N–C) groups is 1. The maximum atomic E-state index is 12.1. The number of nitrogens with one attached hydrogen (secondary N) is 3. The van der Waals surface area contributed by atoms with Crippen LogP contribution in [0.5, 0.6) is 0 Å². The predicted octanol–water partition coefficient (Wildman–Crippen LogP) is 1.49. The van der Waals surface area contributed by atoms with Crippen LogP contribution < -0.4 is 16.0 Å². The van der Waals surface area contributed by atoms with Crippen molar-refractivity contribution in [2.45, 2.75) is 26.3 Å². The SMILES string of the molecule is CN=C(NCC(=O)NCCc1ccccc1)NCC(C(C)C)N1CCOCC1.I. The first-order valence-corrected chi connectivity index (χ1v) is 10.2. The molecule has 2 rings (SSSR count). The van der Waals surface area contributed by atoms with Crippen LogP contribution in [0.4, 0.5) is 0 Å². The van der Waals surface area contributed by atoms with Gasteiger partial charge in [-0.2, -0.15) is 0 Å². The Bertz CT molecular complexity index is 606. The lowest BCUT2D eigenvalue weighted by Gasteiger charge is -2.37.